The summed E-state index contributed by atoms with van der Waals surface area (Å²) in [4.78, 5) is 48.9. The van der Waals surface area contributed by atoms with Crippen molar-refractivity contribution in [2.24, 2.45) is 11.3 Å². The van der Waals surface area contributed by atoms with E-state index in [1.165, 1.54) is 13.4 Å². The number of esters is 1. The Morgan fingerprint density at radius 3 is 2.60 bits per heavy atom. The summed E-state index contributed by atoms with van der Waals surface area (Å²) >= 11 is 0. The van der Waals surface area contributed by atoms with E-state index in [9.17, 15) is 19.5 Å². The summed E-state index contributed by atoms with van der Waals surface area (Å²) in [5.74, 6) is -1.06. The first-order chi connectivity index (χ1) is 22.8. The van der Waals surface area contributed by atoms with Gasteiger partial charge in [0.05, 0.1) is 7.11 Å². The summed E-state index contributed by atoms with van der Waals surface area (Å²) in [6.45, 7) is 9.24. The Kier molecular flexibility index (Phi) is 7.35. The fourth-order valence-electron chi connectivity index (χ4n) is 6.70. The van der Waals surface area contributed by atoms with Gasteiger partial charge in [-0.3, -0.25) is 9.59 Å². The van der Waals surface area contributed by atoms with Crippen LogP contribution in [0.5, 0.6) is 5.75 Å². The number of nitrogens with zero attached hydrogens (tertiary/aromatic N) is 2. The molecule has 2 aromatic carbocycles. The highest BCUT2D eigenvalue weighted by molar-refractivity contribution is 5.90. The van der Waals surface area contributed by atoms with Crippen molar-refractivity contribution in [1.29, 1.82) is 0 Å². The molecular formula is C35H37N5O8. The minimum absolute atomic E-state index is 0.0178. The summed E-state index contributed by atoms with van der Waals surface area (Å²) in [5.41, 5.74) is 1.57. The Balaban J connectivity index is 1.49. The number of para-hydroxylation sites is 1. The maximum absolute atomic E-state index is 14.1. The van der Waals surface area contributed by atoms with Gasteiger partial charge in [0, 0.05) is 17.7 Å². The van der Waals surface area contributed by atoms with Gasteiger partial charge < -0.3 is 39.4 Å². The van der Waals surface area contributed by atoms with Gasteiger partial charge in [-0.05, 0) is 34.6 Å². The lowest BCUT2D eigenvalue weighted by atomic mass is 9.72. The van der Waals surface area contributed by atoms with E-state index < -0.39 is 53.0 Å². The number of carbonyl (C=O) groups excluding carboxylic acids is 3. The lowest BCUT2D eigenvalue weighted by molar-refractivity contribution is -0.136. The Bertz CT molecular complexity index is 1940. The van der Waals surface area contributed by atoms with Crippen LogP contribution >= 0.6 is 0 Å². The first-order valence-electron chi connectivity index (χ1n) is 15.8. The Labute approximate surface area is 276 Å². The summed E-state index contributed by atoms with van der Waals surface area (Å²) in [7, 11) is 1.25. The summed E-state index contributed by atoms with van der Waals surface area (Å²) in [5, 5.41) is 19.9. The highest BCUT2D eigenvalue weighted by Crippen LogP contribution is 2.59. The van der Waals surface area contributed by atoms with Crippen LogP contribution in [-0.4, -0.2) is 58.3 Å². The molecule has 2 aromatic heterocycles. The third-order valence-corrected chi connectivity index (χ3v) is 9.22. The van der Waals surface area contributed by atoms with Crippen molar-refractivity contribution >= 4 is 23.5 Å². The zero-order chi connectivity index (χ0) is 34.1. The number of benzene rings is 2. The SMILES string of the molecule is COC(=O)c1coc(-c2nc3oc2[C@@]24c5ccccc5N[C@@H]2Oc2ccc(cc24)CC(NC(=O)[C@@H](O)C(C)C)C(=O)N[C@H]3C(C)(C)C)n1. The average Bonchev–Trinajstić information content (AvgIpc) is 3.82. The number of aromatic nitrogens is 2. The van der Waals surface area contributed by atoms with Crippen LogP contribution in [0.3, 0.4) is 0 Å². The van der Waals surface area contributed by atoms with Gasteiger partial charge in [0.1, 0.15) is 35.6 Å². The third kappa shape index (κ3) is 4.83. The molecule has 4 N–H and O–H groups in total. The number of nitrogens with one attached hydrogen (secondary N) is 3. The van der Waals surface area contributed by atoms with Crippen LogP contribution in [0.15, 0.2) is 57.6 Å². The molecule has 13 nitrogen and oxygen atoms in total. The number of methoxy groups -OCH3 is 1. The highest BCUT2D eigenvalue weighted by atomic mass is 16.5. The molecule has 3 aliphatic heterocycles. The van der Waals surface area contributed by atoms with E-state index in [4.69, 9.17) is 23.3 Å². The highest BCUT2D eigenvalue weighted by Gasteiger charge is 2.61. The van der Waals surface area contributed by atoms with Crippen LogP contribution in [0.1, 0.15) is 79.5 Å². The van der Waals surface area contributed by atoms with E-state index >= 15 is 0 Å². The number of ether oxygens (including phenoxy) is 2. The quantitative estimate of drug-likeness (QED) is 0.230. The number of rotatable bonds is 5. The van der Waals surface area contributed by atoms with Gasteiger partial charge in [0.25, 0.3) is 0 Å². The average molecular weight is 656 g/mol. The topological polar surface area (TPSA) is 178 Å². The molecule has 1 unspecified atom stereocenters. The Morgan fingerprint density at radius 1 is 1.10 bits per heavy atom. The fourth-order valence-corrected chi connectivity index (χ4v) is 6.70. The molecule has 0 radical (unpaired) electrons. The maximum atomic E-state index is 14.1. The third-order valence-electron chi connectivity index (χ3n) is 9.22. The predicted octanol–water partition coefficient (Wildman–Crippen LogP) is 3.86. The number of hydrogen-bond acceptors (Lipinski definition) is 11. The number of aliphatic hydroxyl groups is 1. The molecule has 250 valence electrons. The molecule has 13 heteroatoms. The van der Waals surface area contributed by atoms with E-state index in [0.717, 1.165) is 22.4 Å². The number of hydrogen-bond donors (Lipinski definition) is 4. The second kappa shape index (κ2) is 11.2. The summed E-state index contributed by atoms with van der Waals surface area (Å²) in [6, 6.07) is 11.6. The van der Waals surface area contributed by atoms with Crippen LogP contribution in [0.2, 0.25) is 0 Å². The van der Waals surface area contributed by atoms with Crippen LogP contribution in [0.25, 0.3) is 11.6 Å². The monoisotopic (exact) mass is 655 g/mol. The van der Waals surface area contributed by atoms with Crippen LogP contribution in [0.4, 0.5) is 5.69 Å². The molecule has 4 bridgehead atoms. The van der Waals surface area contributed by atoms with E-state index in [1.807, 2.05) is 63.2 Å². The lowest BCUT2D eigenvalue weighted by Crippen LogP contribution is -2.53. The largest absolute Gasteiger partial charge is 0.469 e. The molecule has 5 heterocycles. The molecule has 0 aliphatic carbocycles. The van der Waals surface area contributed by atoms with E-state index in [0.29, 0.717) is 11.5 Å². The van der Waals surface area contributed by atoms with Crippen LogP contribution < -0.4 is 20.7 Å². The van der Waals surface area contributed by atoms with Gasteiger partial charge in [-0.2, -0.15) is 0 Å². The van der Waals surface area contributed by atoms with Crippen molar-refractivity contribution in [3.05, 3.63) is 82.8 Å². The lowest BCUT2D eigenvalue weighted by Gasteiger charge is -2.32. The van der Waals surface area contributed by atoms with Crippen molar-refractivity contribution in [3.8, 4) is 17.3 Å². The molecule has 2 amide bonds. The number of anilines is 1. The van der Waals surface area contributed by atoms with Crippen molar-refractivity contribution in [2.45, 2.75) is 70.9 Å². The molecule has 5 atom stereocenters. The minimum Gasteiger partial charge on any atom is -0.469 e. The smallest absolute Gasteiger partial charge is 0.360 e. The molecule has 0 saturated carbocycles. The number of aliphatic hydroxyl groups excluding tert-OH is 1. The van der Waals surface area contributed by atoms with Crippen LogP contribution in [0, 0.1) is 11.3 Å². The molecule has 7 rings (SSSR count). The minimum atomic E-state index is -1.30. The maximum Gasteiger partial charge on any atom is 0.360 e. The van der Waals surface area contributed by atoms with Crippen molar-refractivity contribution in [1.82, 2.24) is 20.6 Å². The molecule has 1 spiro atoms. The molecule has 48 heavy (non-hydrogen) atoms. The Morgan fingerprint density at radius 2 is 1.88 bits per heavy atom. The van der Waals surface area contributed by atoms with E-state index in [-0.39, 0.29) is 35.5 Å². The van der Waals surface area contributed by atoms with Gasteiger partial charge >= 0.3 is 5.97 Å². The molecule has 0 saturated heterocycles. The van der Waals surface area contributed by atoms with E-state index in [1.54, 1.807) is 13.8 Å². The predicted molar refractivity (Wildman–Crippen MR) is 171 cm³/mol. The molecule has 3 aliphatic rings. The first kappa shape index (κ1) is 31.4. The van der Waals surface area contributed by atoms with Crippen molar-refractivity contribution < 1.29 is 37.8 Å². The first-order valence-corrected chi connectivity index (χ1v) is 15.8. The van der Waals surface area contributed by atoms with E-state index in [2.05, 4.69) is 20.9 Å². The van der Waals surface area contributed by atoms with Crippen molar-refractivity contribution in [3.63, 3.8) is 0 Å². The molecule has 0 fully saturated rings. The van der Waals surface area contributed by atoms with Gasteiger partial charge in [-0.25, -0.2) is 14.8 Å². The standard InChI is InChI=1S/C35H37N5O8/c1-16(2)25(41)29(43)36-21-14-17-11-12-23-19(13-17)35(18-9-7-8-10-20(18)38-33(35)47-23)27-24(30-37-22(15-46-30)32(44)45-6)39-31(48-27)26(34(3,4)5)40-28(21)42/h7-13,15-16,21,25-26,33,38,41H,14H2,1-6H3,(H,36,43)(H,40,42)/t21?,25-,26+,33+,35-/m0/s1. The molecular weight excluding hydrogens is 618 g/mol. The summed E-state index contributed by atoms with van der Waals surface area (Å²) < 4.78 is 24.1. The molecule has 4 aromatic rings. The normalized spacial score (nSPS) is 23.1. The number of fused-ring (bicyclic) bond motifs is 4. The number of oxazole rings is 2. The van der Waals surface area contributed by atoms with Crippen molar-refractivity contribution in [2.75, 3.05) is 12.4 Å². The zero-order valence-corrected chi connectivity index (χ0v) is 27.4. The van der Waals surface area contributed by atoms with Crippen LogP contribution in [-0.2, 0) is 26.2 Å². The van der Waals surface area contributed by atoms with Gasteiger partial charge in [0.2, 0.25) is 23.6 Å². The van der Waals surface area contributed by atoms with Gasteiger partial charge in [0.15, 0.2) is 23.4 Å². The fraction of sp³-hybridized carbons (Fsp3) is 0.400. The zero-order valence-electron chi connectivity index (χ0n) is 27.4. The van der Waals surface area contributed by atoms with Gasteiger partial charge in [-0.1, -0.05) is 65.0 Å². The Hall–Kier alpha value is -5.17. The number of amides is 2. The summed E-state index contributed by atoms with van der Waals surface area (Å²) in [6.07, 6.45) is -0.646. The second-order valence-electron chi connectivity index (χ2n) is 13.8. The number of carbonyl (C=O) groups is 3. The van der Waals surface area contributed by atoms with Gasteiger partial charge in [-0.15, -0.1) is 0 Å². The second-order valence-corrected chi connectivity index (χ2v) is 13.8.